The predicted molar refractivity (Wildman–Crippen MR) is 93.7 cm³/mol. The Kier molecular flexibility index (Phi) is 6.86. The second-order valence-electron chi connectivity index (χ2n) is 5.04. The normalized spacial score (nSPS) is 10.6. The van der Waals surface area contributed by atoms with Gasteiger partial charge in [0.05, 0.1) is 13.7 Å². The Hall–Kier alpha value is -1.59. The van der Waals surface area contributed by atoms with Crippen molar-refractivity contribution in [3.8, 4) is 11.5 Å². The zero-order valence-electron chi connectivity index (χ0n) is 13.4. The second-order valence-corrected chi connectivity index (χ2v) is 5.90. The summed E-state index contributed by atoms with van der Waals surface area (Å²) in [5.74, 6) is 1.28. The molecule has 0 radical (unpaired) electrons. The first-order valence-corrected chi connectivity index (χ1v) is 8.38. The van der Waals surface area contributed by atoms with Crippen LogP contribution >= 0.6 is 15.9 Å². The van der Waals surface area contributed by atoms with Gasteiger partial charge in [0, 0.05) is 16.6 Å². The Morgan fingerprint density at radius 1 is 1.13 bits per heavy atom. The molecule has 3 nitrogen and oxygen atoms in total. The second kappa shape index (κ2) is 8.89. The van der Waals surface area contributed by atoms with E-state index in [0.717, 1.165) is 40.1 Å². The average Bonchev–Trinajstić information content (AvgIpc) is 2.56. The average molecular weight is 382 g/mol. The molecule has 0 bridgehead atoms. The predicted octanol–water partition coefficient (Wildman–Crippen LogP) is 4.33. The number of benzene rings is 2. The third-order valence-corrected chi connectivity index (χ3v) is 4.22. The molecule has 0 saturated heterocycles. The van der Waals surface area contributed by atoms with E-state index in [9.17, 15) is 4.39 Å². The summed E-state index contributed by atoms with van der Waals surface area (Å²) in [6, 6.07) is 10.4. The third-order valence-electron chi connectivity index (χ3n) is 3.48. The number of methoxy groups -OCH3 is 1. The van der Waals surface area contributed by atoms with Gasteiger partial charge in [0.1, 0.15) is 5.82 Å². The van der Waals surface area contributed by atoms with Crippen molar-refractivity contribution in [1.82, 2.24) is 5.32 Å². The zero-order valence-corrected chi connectivity index (χ0v) is 15.0. The van der Waals surface area contributed by atoms with Crippen LogP contribution in [0.15, 0.2) is 40.9 Å². The minimum atomic E-state index is -0.205. The molecule has 124 valence electrons. The fourth-order valence-electron chi connectivity index (χ4n) is 2.31. The van der Waals surface area contributed by atoms with Gasteiger partial charge in [-0.15, -0.1) is 0 Å². The summed E-state index contributed by atoms with van der Waals surface area (Å²) in [6.45, 7) is 3.98. The van der Waals surface area contributed by atoms with Gasteiger partial charge in [-0.3, -0.25) is 0 Å². The van der Waals surface area contributed by atoms with Crippen LogP contribution in [0, 0.1) is 5.82 Å². The molecule has 0 aliphatic carbocycles. The van der Waals surface area contributed by atoms with Gasteiger partial charge in [-0.2, -0.15) is 0 Å². The van der Waals surface area contributed by atoms with Crippen LogP contribution in [0.25, 0.3) is 0 Å². The molecule has 2 aromatic rings. The first-order valence-electron chi connectivity index (χ1n) is 7.59. The van der Waals surface area contributed by atoms with E-state index < -0.39 is 0 Å². The lowest BCUT2D eigenvalue weighted by atomic mass is 10.1. The summed E-state index contributed by atoms with van der Waals surface area (Å²) in [5.41, 5.74) is 2.14. The molecule has 0 aliphatic heterocycles. The maximum atomic E-state index is 12.9. The molecule has 0 unspecified atom stereocenters. The van der Waals surface area contributed by atoms with Gasteiger partial charge in [0.2, 0.25) is 0 Å². The summed E-state index contributed by atoms with van der Waals surface area (Å²) >= 11 is 3.57. The smallest absolute Gasteiger partial charge is 0.166 e. The molecule has 0 aliphatic rings. The largest absolute Gasteiger partial charge is 0.493 e. The van der Waals surface area contributed by atoms with Crippen molar-refractivity contribution < 1.29 is 13.9 Å². The van der Waals surface area contributed by atoms with Gasteiger partial charge in [0.25, 0.3) is 0 Å². The Labute approximate surface area is 144 Å². The third kappa shape index (κ3) is 4.94. The van der Waals surface area contributed by atoms with E-state index in [1.807, 2.05) is 31.2 Å². The van der Waals surface area contributed by atoms with Crippen molar-refractivity contribution in [2.45, 2.75) is 19.9 Å². The maximum absolute atomic E-state index is 12.9. The van der Waals surface area contributed by atoms with Crippen molar-refractivity contribution in [3.63, 3.8) is 0 Å². The number of halogens is 2. The Balaban J connectivity index is 1.98. The molecule has 2 aromatic carbocycles. The number of rotatable bonds is 8. The lowest BCUT2D eigenvalue weighted by Crippen LogP contribution is -2.18. The lowest BCUT2D eigenvalue weighted by molar-refractivity contribution is 0.306. The molecule has 0 amide bonds. The molecular formula is C18H21BrFNO2. The molecule has 5 heteroatoms. The van der Waals surface area contributed by atoms with Gasteiger partial charge in [-0.1, -0.05) is 28.1 Å². The first kappa shape index (κ1) is 17.8. The number of hydrogen-bond acceptors (Lipinski definition) is 3. The van der Waals surface area contributed by atoms with E-state index in [-0.39, 0.29) is 5.82 Å². The van der Waals surface area contributed by atoms with Crippen LogP contribution < -0.4 is 14.8 Å². The van der Waals surface area contributed by atoms with Gasteiger partial charge in [0.15, 0.2) is 11.5 Å². The van der Waals surface area contributed by atoms with E-state index in [4.69, 9.17) is 9.47 Å². The Morgan fingerprint density at radius 3 is 2.52 bits per heavy atom. The summed E-state index contributed by atoms with van der Waals surface area (Å²) in [5, 5.41) is 3.40. The van der Waals surface area contributed by atoms with Crippen LogP contribution in [0.2, 0.25) is 0 Å². The molecule has 2 rings (SSSR count). The molecule has 0 spiro atoms. The molecule has 0 saturated carbocycles. The van der Waals surface area contributed by atoms with Crippen molar-refractivity contribution in [2.24, 2.45) is 0 Å². The zero-order chi connectivity index (χ0) is 16.7. The molecule has 23 heavy (non-hydrogen) atoms. The highest BCUT2D eigenvalue weighted by molar-refractivity contribution is 9.10. The molecule has 0 aromatic heterocycles. The molecule has 0 heterocycles. The van der Waals surface area contributed by atoms with Crippen LogP contribution in [-0.2, 0) is 13.0 Å². The maximum Gasteiger partial charge on any atom is 0.166 e. The van der Waals surface area contributed by atoms with E-state index in [1.54, 1.807) is 7.11 Å². The van der Waals surface area contributed by atoms with Gasteiger partial charge < -0.3 is 14.8 Å². The topological polar surface area (TPSA) is 30.5 Å². The van der Waals surface area contributed by atoms with E-state index in [1.165, 1.54) is 12.1 Å². The number of hydrogen-bond donors (Lipinski definition) is 1. The highest BCUT2D eigenvalue weighted by atomic mass is 79.9. The van der Waals surface area contributed by atoms with Crippen LogP contribution in [0.4, 0.5) is 4.39 Å². The molecule has 0 fully saturated rings. The highest BCUT2D eigenvalue weighted by Crippen LogP contribution is 2.36. The van der Waals surface area contributed by atoms with Crippen LogP contribution in [-0.4, -0.2) is 20.3 Å². The highest BCUT2D eigenvalue weighted by Gasteiger charge is 2.13. The summed E-state index contributed by atoms with van der Waals surface area (Å²) in [7, 11) is 1.64. The Morgan fingerprint density at radius 2 is 1.87 bits per heavy atom. The molecule has 1 N–H and O–H groups in total. The lowest BCUT2D eigenvalue weighted by Gasteiger charge is -2.16. The van der Waals surface area contributed by atoms with E-state index in [2.05, 4.69) is 21.2 Å². The first-order chi connectivity index (χ1) is 11.2. The fraction of sp³-hybridized carbons (Fsp3) is 0.333. The minimum absolute atomic E-state index is 0.205. The van der Waals surface area contributed by atoms with Crippen molar-refractivity contribution in [2.75, 3.05) is 20.3 Å². The summed E-state index contributed by atoms with van der Waals surface area (Å²) in [6.07, 6.45) is 0.839. The van der Waals surface area contributed by atoms with Gasteiger partial charge in [-0.25, -0.2) is 4.39 Å². The van der Waals surface area contributed by atoms with E-state index >= 15 is 0 Å². The van der Waals surface area contributed by atoms with Crippen LogP contribution in [0.3, 0.4) is 0 Å². The van der Waals surface area contributed by atoms with E-state index in [0.29, 0.717) is 13.2 Å². The van der Waals surface area contributed by atoms with Gasteiger partial charge >= 0.3 is 0 Å². The van der Waals surface area contributed by atoms with Crippen LogP contribution in [0.1, 0.15) is 18.1 Å². The van der Waals surface area contributed by atoms with Crippen molar-refractivity contribution >= 4 is 15.9 Å². The quantitative estimate of drug-likeness (QED) is 0.690. The summed E-state index contributed by atoms with van der Waals surface area (Å²) < 4.78 is 25.0. The monoisotopic (exact) mass is 381 g/mol. The SMILES string of the molecule is CCOc1c(OC)ccc(Br)c1CNCCc1ccc(F)cc1. The Bertz CT molecular complexity index is 632. The van der Waals surface area contributed by atoms with Crippen molar-refractivity contribution in [3.05, 3.63) is 57.8 Å². The van der Waals surface area contributed by atoms with Gasteiger partial charge in [-0.05, 0) is 49.7 Å². The summed E-state index contributed by atoms with van der Waals surface area (Å²) in [4.78, 5) is 0. The van der Waals surface area contributed by atoms with Crippen molar-refractivity contribution in [1.29, 1.82) is 0 Å². The minimum Gasteiger partial charge on any atom is -0.493 e. The molecular weight excluding hydrogens is 361 g/mol. The number of nitrogens with one attached hydrogen (secondary N) is 1. The fourth-order valence-corrected chi connectivity index (χ4v) is 2.76. The van der Waals surface area contributed by atoms with Crippen LogP contribution in [0.5, 0.6) is 11.5 Å². The number of ether oxygens (including phenoxy) is 2. The molecule has 0 atom stereocenters. The standard InChI is InChI=1S/C18H21BrFNO2/c1-3-23-18-15(16(19)8-9-17(18)22-2)12-21-11-10-13-4-6-14(20)7-5-13/h4-9,21H,3,10-12H2,1-2H3.